The molecule has 0 bridgehead atoms. The molecule has 6 nitrogen and oxygen atoms in total. The summed E-state index contributed by atoms with van der Waals surface area (Å²) in [5.41, 5.74) is 2.69. The molecular weight excluding hydrogens is 565 g/mol. The number of rotatable bonds is 8. The van der Waals surface area contributed by atoms with E-state index >= 15 is 9.18 Å². The van der Waals surface area contributed by atoms with Crippen LogP contribution in [0.1, 0.15) is 27.0 Å². The van der Waals surface area contributed by atoms with Gasteiger partial charge < -0.3 is 9.64 Å². The molecule has 2 aliphatic heterocycles. The summed E-state index contributed by atoms with van der Waals surface area (Å²) in [6.45, 7) is 0.250. The number of para-hydroxylation sites is 1. The molecule has 5 aromatic rings. The van der Waals surface area contributed by atoms with Gasteiger partial charge in [-0.25, -0.2) is 9.40 Å². The Morgan fingerprint density at radius 3 is 2.09 bits per heavy atom. The molecule has 0 saturated heterocycles. The van der Waals surface area contributed by atoms with Gasteiger partial charge in [0.2, 0.25) is 0 Å². The van der Waals surface area contributed by atoms with Crippen molar-refractivity contribution in [3.63, 3.8) is 0 Å². The van der Waals surface area contributed by atoms with E-state index in [0.29, 0.717) is 40.4 Å². The summed E-state index contributed by atoms with van der Waals surface area (Å²) in [4.78, 5) is 31.8. The van der Waals surface area contributed by atoms with Crippen LogP contribution >= 0.6 is 0 Å². The highest BCUT2D eigenvalue weighted by Crippen LogP contribution is 2.55. The monoisotopic (exact) mass is 595 g/mol. The van der Waals surface area contributed by atoms with Crippen LogP contribution in [0.2, 0.25) is 0 Å². The lowest BCUT2D eigenvalue weighted by atomic mass is 9.72. The van der Waals surface area contributed by atoms with E-state index in [0.717, 1.165) is 11.1 Å². The van der Waals surface area contributed by atoms with Crippen LogP contribution in [0.25, 0.3) is 0 Å². The SMILES string of the molecule is COc1ccc(C(=O)[C@@H]2C(Cc3ccccc3)=NN(c3ccccc3)[C@@]23C(=O)N(Cc2ccccc2)c2ccc(F)cc23)cc1. The molecule has 0 fully saturated rings. The number of anilines is 2. The topological polar surface area (TPSA) is 62.2 Å². The van der Waals surface area contributed by atoms with Gasteiger partial charge in [-0.2, -0.15) is 5.10 Å². The molecule has 7 heteroatoms. The van der Waals surface area contributed by atoms with E-state index in [-0.39, 0.29) is 18.2 Å². The number of nitrogens with zero attached hydrogens (tertiary/aromatic N) is 3. The molecule has 1 amide bonds. The first kappa shape index (κ1) is 28.2. The summed E-state index contributed by atoms with van der Waals surface area (Å²) in [5.74, 6) is -1.57. The second kappa shape index (κ2) is 11.5. The third kappa shape index (κ3) is 4.77. The predicted molar refractivity (Wildman–Crippen MR) is 173 cm³/mol. The Labute approximate surface area is 261 Å². The molecule has 45 heavy (non-hydrogen) atoms. The Morgan fingerprint density at radius 2 is 1.44 bits per heavy atom. The fraction of sp³-hybridized carbons (Fsp3) is 0.132. The van der Waals surface area contributed by atoms with Crippen LogP contribution in [0.4, 0.5) is 15.8 Å². The second-order valence-electron chi connectivity index (χ2n) is 11.2. The largest absolute Gasteiger partial charge is 0.497 e. The molecule has 0 aliphatic carbocycles. The molecule has 5 aromatic carbocycles. The van der Waals surface area contributed by atoms with Gasteiger partial charge in [0.05, 0.1) is 30.7 Å². The molecule has 1 spiro atoms. The smallest absolute Gasteiger partial charge is 0.261 e. The molecule has 0 N–H and O–H groups in total. The number of methoxy groups -OCH3 is 1. The van der Waals surface area contributed by atoms with E-state index in [4.69, 9.17) is 9.84 Å². The van der Waals surface area contributed by atoms with Crippen molar-refractivity contribution in [2.45, 2.75) is 18.5 Å². The van der Waals surface area contributed by atoms with E-state index in [1.165, 1.54) is 12.1 Å². The second-order valence-corrected chi connectivity index (χ2v) is 11.2. The zero-order chi connectivity index (χ0) is 31.0. The summed E-state index contributed by atoms with van der Waals surface area (Å²) in [6, 6.07) is 40.0. The maximum atomic E-state index is 15.3. The third-order valence-electron chi connectivity index (χ3n) is 8.59. The summed E-state index contributed by atoms with van der Waals surface area (Å²) in [5, 5.41) is 6.76. The van der Waals surface area contributed by atoms with Gasteiger partial charge >= 0.3 is 0 Å². The fourth-order valence-electron chi connectivity index (χ4n) is 6.55. The number of carbonyl (C=O) groups excluding carboxylic acids is 2. The molecule has 7 rings (SSSR count). The summed E-state index contributed by atoms with van der Waals surface area (Å²) < 4.78 is 20.6. The number of hydrogen-bond donors (Lipinski definition) is 0. The van der Waals surface area contributed by atoms with E-state index in [2.05, 4.69) is 0 Å². The van der Waals surface area contributed by atoms with Crippen LogP contribution in [0.5, 0.6) is 5.75 Å². The molecule has 0 unspecified atom stereocenters. The summed E-state index contributed by atoms with van der Waals surface area (Å²) >= 11 is 0. The Bertz CT molecular complexity index is 1900. The van der Waals surface area contributed by atoms with Gasteiger partial charge in [0, 0.05) is 17.5 Å². The molecule has 222 valence electrons. The average Bonchev–Trinajstić information content (AvgIpc) is 3.54. The Kier molecular flexibility index (Phi) is 7.22. The first-order valence-electron chi connectivity index (χ1n) is 14.8. The molecule has 2 aliphatic rings. The highest BCUT2D eigenvalue weighted by molar-refractivity contribution is 6.24. The normalized spacial score (nSPS) is 18.7. The molecule has 0 radical (unpaired) electrons. The lowest BCUT2D eigenvalue weighted by Crippen LogP contribution is -2.56. The Morgan fingerprint density at radius 1 is 0.822 bits per heavy atom. The molecule has 0 aromatic heterocycles. The molecule has 2 heterocycles. The minimum Gasteiger partial charge on any atom is -0.497 e. The first-order chi connectivity index (χ1) is 22.0. The summed E-state index contributed by atoms with van der Waals surface area (Å²) in [7, 11) is 1.56. The third-order valence-corrected chi connectivity index (χ3v) is 8.59. The number of benzene rings is 5. The van der Waals surface area contributed by atoms with Gasteiger partial charge in [0.1, 0.15) is 17.5 Å². The predicted octanol–water partition coefficient (Wildman–Crippen LogP) is 7.19. The van der Waals surface area contributed by atoms with E-state index < -0.39 is 17.3 Å². The van der Waals surface area contributed by atoms with Crippen LogP contribution in [0, 0.1) is 11.7 Å². The number of fused-ring (bicyclic) bond motifs is 2. The Balaban J connectivity index is 1.48. The minimum atomic E-state index is -1.67. The number of ketones is 1. The molecule has 0 saturated carbocycles. The van der Waals surface area contributed by atoms with Gasteiger partial charge in [-0.05, 0) is 65.7 Å². The lowest BCUT2D eigenvalue weighted by Gasteiger charge is -2.37. The summed E-state index contributed by atoms with van der Waals surface area (Å²) in [6.07, 6.45) is 0.328. The molecule has 2 atom stereocenters. The van der Waals surface area contributed by atoms with Crippen molar-refractivity contribution in [1.82, 2.24) is 0 Å². The van der Waals surface area contributed by atoms with Crippen LogP contribution in [-0.2, 0) is 23.3 Å². The fourth-order valence-corrected chi connectivity index (χ4v) is 6.55. The van der Waals surface area contributed by atoms with Crippen molar-refractivity contribution in [2.24, 2.45) is 11.0 Å². The quantitative estimate of drug-likeness (QED) is 0.178. The van der Waals surface area contributed by atoms with E-state index in [1.807, 2.05) is 91.0 Å². The number of carbonyl (C=O) groups is 2. The number of ether oxygens (including phenoxy) is 1. The average molecular weight is 596 g/mol. The minimum absolute atomic E-state index is 0.250. The van der Waals surface area contributed by atoms with Crippen LogP contribution in [0.15, 0.2) is 139 Å². The highest BCUT2D eigenvalue weighted by atomic mass is 19.1. The lowest BCUT2D eigenvalue weighted by molar-refractivity contribution is -0.123. The number of hydrogen-bond acceptors (Lipinski definition) is 5. The number of amides is 1. The van der Waals surface area contributed by atoms with Crippen molar-refractivity contribution >= 4 is 28.8 Å². The molecular formula is C38H30FN3O3. The number of hydrazone groups is 1. The zero-order valence-electron chi connectivity index (χ0n) is 24.6. The van der Waals surface area contributed by atoms with Gasteiger partial charge in [0.15, 0.2) is 11.3 Å². The van der Waals surface area contributed by atoms with Crippen LogP contribution in [-0.4, -0.2) is 24.5 Å². The maximum absolute atomic E-state index is 15.3. The van der Waals surface area contributed by atoms with Crippen molar-refractivity contribution < 1.29 is 18.7 Å². The first-order valence-corrected chi connectivity index (χ1v) is 14.8. The van der Waals surface area contributed by atoms with Crippen LogP contribution in [0.3, 0.4) is 0 Å². The van der Waals surface area contributed by atoms with Gasteiger partial charge in [-0.3, -0.25) is 9.59 Å². The highest BCUT2D eigenvalue weighted by Gasteiger charge is 2.66. The van der Waals surface area contributed by atoms with E-state index in [1.54, 1.807) is 47.4 Å². The van der Waals surface area contributed by atoms with Crippen molar-refractivity contribution in [2.75, 3.05) is 17.0 Å². The van der Waals surface area contributed by atoms with Crippen molar-refractivity contribution in [3.8, 4) is 5.75 Å². The Hall–Kier alpha value is -5.56. The van der Waals surface area contributed by atoms with Gasteiger partial charge in [0.25, 0.3) is 5.91 Å². The van der Waals surface area contributed by atoms with Gasteiger partial charge in [-0.15, -0.1) is 0 Å². The number of Topliss-reactive ketones (excluding diaryl/α,β-unsaturated/α-hetero) is 1. The maximum Gasteiger partial charge on any atom is 0.261 e. The van der Waals surface area contributed by atoms with E-state index in [9.17, 15) is 4.79 Å². The van der Waals surface area contributed by atoms with Crippen LogP contribution < -0.4 is 14.6 Å². The number of halogens is 1. The zero-order valence-corrected chi connectivity index (χ0v) is 24.6. The standard InChI is InChI=1S/C38H30FN3O3/c1-45-31-20-17-28(18-21-31)36(43)35-33(23-26-11-5-2-6-12-26)40-42(30-15-9-4-10-16-30)38(35)32-24-29(39)19-22-34(32)41(37(38)44)25-27-13-7-3-8-14-27/h2-22,24,35H,23,25H2,1H3/t35-,38+/m0/s1. The van der Waals surface area contributed by atoms with Crippen molar-refractivity contribution in [1.29, 1.82) is 0 Å². The van der Waals surface area contributed by atoms with Crippen molar-refractivity contribution in [3.05, 3.63) is 162 Å². The van der Waals surface area contributed by atoms with Gasteiger partial charge in [-0.1, -0.05) is 78.9 Å².